The molecule has 0 aromatic heterocycles. The minimum absolute atomic E-state index is 0.398. The summed E-state index contributed by atoms with van der Waals surface area (Å²) in [6.45, 7) is 15.7. The molecular weight excluding hydrogens is 248 g/mol. The third kappa shape index (κ3) is 6.11. The fraction of sp³-hybridized carbons (Fsp3) is 1.00. The Morgan fingerprint density at radius 2 is 2.05 bits per heavy atom. The first-order valence-corrected chi connectivity index (χ1v) is 8.46. The van der Waals surface area contributed by atoms with Crippen LogP contribution in [0.3, 0.4) is 0 Å². The van der Waals surface area contributed by atoms with Crippen molar-refractivity contribution in [2.45, 2.75) is 65.9 Å². The average molecular weight is 284 g/mol. The lowest BCUT2D eigenvalue weighted by Crippen LogP contribution is -2.49. The van der Waals surface area contributed by atoms with Gasteiger partial charge in [0.2, 0.25) is 0 Å². The van der Waals surface area contributed by atoms with Crippen molar-refractivity contribution in [3.8, 4) is 0 Å². The smallest absolute Gasteiger partial charge is 0.0718 e. The van der Waals surface area contributed by atoms with Crippen molar-refractivity contribution in [3.63, 3.8) is 0 Å². The fourth-order valence-corrected chi connectivity index (χ4v) is 3.82. The molecule has 0 aromatic rings. The van der Waals surface area contributed by atoms with Crippen LogP contribution in [0.15, 0.2) is 0 Å². The number of rotatable bonds is 8. The molecule has 2 unspecified atom stereocenters. The molecule has 0 spiro atoms. The van der Waals surface area contributed by atoms with Gasteiger partial charge in [0.15, 0.2) is 0 Å². The molecule has 0 radical (unpaired) electrons. The number of likely N-dealkylation sites (N-methyl/N-ethyl adjacent to an activating group) is 1. The number of nitrogens with one attached hydrogen (secondary N) is 1. The molecule has 3 heteroatoms. The number of hydrogen-bond acceptors (Lipinski definition) is 3. The van der Waals surface area contributed by atoms with E-state index in [1.165, 1.54) is 25.7 Å². The van der Waals surface area contributed by atoms with E-state index >= 15 is 0 Å². The van der Waals surface area contributed by atoms with E-state index in [9.17, 15) is 5.11 Å². The lowest BCUT2D eigenvalue weighted by molar-refractivity contribution is 0.00980. The molecule has 20 heavy (non-hydrogen) atoms. The Balaban J connectivity index is 2.71. The van der Waals surface area contributed by atoms with Crippen LogP contribution in [0, 0.1) is 11.3 Å². The summed E-state index contributed by atoms with van der Waals surface area (Å²) in [5.74, 6) is 0.836. The second-order valence-corrected chi connectivity index (χ2v) is 7.60. The molecule has 1 rings (SSSR count). The van der Waals surface area contributed by atoms with Crippen molar-refractivity contribution in [2.75, 3.05) is 32.7 Å². The van der Waals surface area contributed by atoms with Crippen molar-refractivity contribution in [3.05, 3.63) is 0 Å². The predicted molar refractivity (Wildman–Crippen MR) is 87.0 cm³/mol. The molecule has 0 heterocycles. The zero-order chi connectivity index (χ0) is 15.2. The lowest BCUT2D eigenvalue weighted by atomic mass is 9.69. The number of aliphatic hydroxyl groups is 1. The van der Waals surface area contributed by atoms with Crippen LogP contribution in [0.4, 0.5) is 0 Å². The van der Waals surface area contributed by atoms with Gasteiger partial charge in [0.25, 0.3) is 0 Å². The van der Waals surface area contributed by atoms with Crippen LogP contribution in [-0.4, -0.2) is 48.3 Å². The highest BCUT2D eigenvalue weighted by Crippen LogP contribution is 2.39. The second kappa shape index (κ2) is 7.77. The molecule has 1 fully saturated rings. The monoisotopic (exact) mass is 284 g/mol. The first kappa shape index (κ1) is 17.9. The first-order chi connectivity index (χ1) is 9.30. The number of hydrogen-bond donors (Lipinski definition) is 2. The molecule has 0 aromatic carbocycles. The minimum Gasteiger partial charge on any atom is -0.389 e. The van der Waals surface area contributed by atoms with Crippen LogP contribution >= 0.6 is 0 Å². The van der Waals surface area contributed by atoms with Crippen molar-refractivity contribution in [1.29, 1.82) is 0 Å². The van der Waals surface area contributed by atoms with E-state index in [2.05, 4.69) is 31.0 Å². The minimum atomic E-state index is -0.602. The average Bonchev–Trinajstić information content (AvgIpc) is 2.34. The Morgan fingerprint density at radius 3 is 2.55 bits per heavy atom. The van der Waals surface area contributed by atoms with Gasteiger partial charge in [0.05, 0.1) is 5.60 Å². The van der Waals surface area contributed by atoms with Gasteiger partial charge in [0, 0.05) is 19.6 Å². The topological polar surface area (TPSA) is 35.5 Å². The summed E-state index contributed by atoms with van der Waals surface area (Å²) in [6, 6.07) is 0. The highest BCUT2D eigenvalue weighted by atomic mass is 16.3. The Hall–Kier alpha value is -0.120. The third-order valence-electron chi connectivity index (χ3n) is 4.55. The normalized spacial score (nSPS) is 28.1. The van der Waals surface area contributed by atoms with Gasteiger partial charge in [-0.05, 0) is 51.1 Å². The third-order valence-corrected chi connectivity index (χ3v) is 4.55. The maximum Gasteiger partial charge on any atom is 0.0718 e. The molecule has 0 aliphatic heterocycles. The van der Waals surface area contributed by atoms with Gasteiger partial charge in [-0.15, -0.1) is 0 Å². The summed E-state index contributed by atoms with van der Waals surface area (Å²) < 4.78 is 0. The van der Waals surface area contributed by atoms with Gasteiger partial charge in [-0.3, -0.25) is 0 Å². The van der Waals surface area contributed by atoms with E-state index in [-0.39, 0.29) is 0 Å². The van der Waals surface area contributed by atoms with E-state index in [4.69, 9.17) is 0 Å². The lowest BCUT2D eigenvalue weighted by Gasteiger charge is -2.44. The Labute approximate surface area is 126 Å². The first-order valence-electron chi connectivity index (χ1n) is 8.46. The standard InChI is InChI=1S/C17H36N2O/c1-6-18-12-17(10-8-9-15(3)11-17)14-19(7-2)13-16(4,5)20/h15,18,20H,6-14H2,1-5H3. The maximum absolute atomic E-state index is 10.1. The largest absolute Gasteiger partial charge is 0.389 e. The molecule has 2 atom stereocenters. The van der Waals surface area contributed by atoms with Crippen molar-refractivity contribution < 1.29 is 5.11 Å². The van der Waals surface area contributed by atoms with Crippen molar-refractivity contribution >= 4 is 0 Å². The Kier molecular flexibility index (Phi) is 6.96. The molecule has 3 nitrogen and oxygen atoms in total. The van der Waals surface area contributed by atoms with E-state index in [0.717, 1.165) is 38.6 Å². The zero-order valence-electron chi connectivity index (χ0n) is 14.3. The second-order valence-electron chi connectivity index (χ2n) is 7.60. The molecule has 0 bridgehead atoms. The quantitative estimate of drug-likeness (QED) is 0.719. The molecule has 1 saturated carbocycles. The predicted octanol–water partition coefficient (Wildman–Crippen LogP) is 2.89. The van der Waals surface area contributed by atoms with Gasteiger partial charge in [-0.2, -0.15) is 0 Å². The van der Waals surface area contributed by atoms with Gasteiger partial charge in [-0.25, -0.2) is 0 Å². The van der Waals surface area contributed by atoms with E-state index in [0.29, 0.717) is 5.41 Å². The maximum atomic E-state index is 10.1. The molecule has 120 valence electrons. The Morgan fingerprint density at radius 1 is 1.35 bits per heavy atom. The molecular formula is C17H36N2O. The molecule has 0 amide bonds. The van der Waals surface area contributed by atoms with Crippen LogP contribution in [-0.2, 0) is 0 Å². The van der Waals surface area contributed by atoms with Gasteiger partial charge in [-0.1, -0.05) is 33.6 Å². The van der Waals surface area contributed by atoms with E-state index in [1.54, 1.807) is 0 Å². The van der Waals surface area contributed by atoms with Crippen molar-refractivity contribution in [2.24, 2.45) is 11.3 Å². The van der Waals surface area contributed by atoms with Crippen LogP contribution in [0.1, 0.15) is 60.3 Å². The fourth-order valence-electron chi connectivity index (χ4n) is 3.82. The summed E-state index contributed by atoms with van der Waals surface area (Å²) in [7, 11) is 0. The van der Waals surface area contributed by atoms with E-state index < -0.39 is 5.60 Å². The molecule has 1 aliphatic rings. The summed E-state index contributed by atoms with van der Waals surface area (Å²) in [6.07, 6.45) is 5.38. The highest BCUT2D eigenvalue weighted by Gasteiger charge is 2.36. The van der Waals surface area contributed by atoms with E-state index in [1.807, 2.05) is 13.8 Å². The molecule has 2 N–H and O–H groups in total. The van der Waals surface area contributed by atoms with Crippen LogP contribution in [0.25, 0.3) is 0 Å². The summed E-state index contributed by atoms with van der Waals surface area (Å²) >= 11 is 0. The van der Waals surface area contributed by atoms with Crippen LogP contribution < -0.4 is 5.32 Å². The summed E-state index contributed by atoms with van der Waals surface area (Å²) in [5.41, 5.74) is -0.204. The van der Waals surface area contributed by atoms with Crippen molar-refractivity contribution in [1.82, 2.24) is 10.2 Å². The summed E-state index contributed by atoms with van der Waals surface area (Å²) in [4.78, 5) is 2.44. The van der Waals surface area contributed by atoms with Crippen LogP contribution in [0.2, 0.25) is 0 Å². The summed E-state index contributed by atoms with van der Waals surface area (Å²) in [5, 5.41) is 13.7. The Bertz CT molecular complexity index is 275. The number of nitrogens with zero attached hydrogens (tertiary/aromatic N) is 1. The van der Waals surface area contributed by atoms with Gasteiger partial charge < -0.3 is 15.3 Å². The van der Waals surface area contributed by atoms with Crippen LogP contribution in [0.5, 0.6) is 0 Å². The molecule has 1 aliphatic carbocycles. The highest BCUT2D eigenvalue weighted by molar-refractivity contribution is 4.90. The molecule has 0 saturated heterocycles. The SMILES string of the molecule is CCNCC1(CN(CC)CC(C)(C)O)CCCC(C)C1. The van der Waals surface area contributed by atoms with Gasteiger partial charge in [0.1, 0.15) is 0 Å². The zero-order valence-corrected chi connectivity index (χ0v) is 14.3. The van der Waals surface area contributed by atoms with Gasteiger partial charge >= 0.3 is 0 Å².